The van der Waals surface area contributed by atoms with Crippen molar-refractivity contribution in [2.24, 2.45) is 5.92 Å². The molecule has 0 radical (unpaired) electrons. The number of hydrogen-bond acceptors (Lipinski definition) is 2. The van der Waals surface area contributed by atoms with Crippen molar-refractivity contribution in [1.29, 1.82) is 0 Å². The molecule has 0 saturated heterocycles. The van der Waals surface area contributed by atoms with Crippen molar-refractivity contribution in [3.63, 3.8) is 0 Å². The quantitative estimate of drug-likeness (QED) is 0.590. The molecule has 0 heterocycles. The standard InChI is InChI=1S/C12H16FNS/c13-11-2-1-3-12(8-11)15-7-6-14-9-10-4-5-10/h1-3,8,10,14H,4-7,9H2. The minimum Gasteiger partial charge on any atom is -0.316 e. The molecule has 2 rings (SSSR count). The highest BCUT2D eigenvalue weighted by atomic mass is 32.2. The van der Waals surface area contributed by atoms with Gasteiger partial charge in [-0.1, -0.05) is 6.07 Å². The van der Waals surface area contributed by atoms with Gasteiger partial charge in [-0.15, -0.1) is 11.8 Å². The summed E-state index contributed by atoms with van der Waals surface area (Å²) in [5.74, 6) is 1.80. The Morgan fingerprint density at radius 2 is 2.27 bits per heavy atom. The molecule has 1 aliphatic carbocycles. The summed E-state index contributed by atoms with van der Waals surface area (Å²) in [7, 11) is 0. The summed E-state index contributed by atoms with van der Waals surface area (Å²) in [6, 6.07) is 6.78. The molecule has 1 fully saturated rings. The lowest BCUT2D eigenvalue weighted by atomic mass is 10.4. The minimum atomic E-state index is -0.147. The van der Waals surface area contributed by atoms with Gasteiger partial charge in [0.05, 0.1) is 0 Å². The van der Waals surface area contributed by atoms with E-state index in [4.69, 9.17) is 0 Å². The highest BCUT2D eigenvalue weighted by Gasteiger charge is 2.19. The Hall–Kier alpha value is -0.540. The second-order valence-corrected chi connectivity index (χ2v) is 5.12. The second-order valence-electron chi connectivity index (χ2n) is 3.95. The normalized spacial score (nSPS) is 15.5. The topological polar surface area (TPSA) is 12.0 Å². The highest BCUT2D eigenvalue weighted by molar-refractivity contribution is 7.99. The van der Waals surface area contributed by atoms with Gasteiger partial charge in [0.25, 0.3) is 0 Å². The zero-order chi connectivity index (χ0) is 10.5. The molecule has 15 heavy (non-hydrogen) atoms. The van der Waals surface area contributed by atoms with E-state index in [9.17, 15) is 4.39 Å². The molecule has 82 valence electrons. The predicted octanol–water partition coefficient (Wildman–Crippen LogP) is 2.92. The Labute approximate surface area is 94.5 Å². The van der Waals surface area contributed by atoms with Gasteiger partial charge in [0.15, 0.2) is 0 Å². The molecular formula is C12H16FNS. The van der Waals surface area contributed by atoms with Gasteiger partial charge in [0.2, 0.25) is 0 Å². The first kappa shape index (κ1) is 11.0. The van der Waals surface area contributed by atoms with Crippen molar-refractivity contribution in [1.82, 2.24) is 5.32 Å². The van der Waals surface area contributed by atoms with Gasteiger partial charge in [0, 0.05) is 17.2 Å². The molecule has 0 bridgehead atoms. The molecule has 1 aromatic carbocycles. The maximum absolute atomic E-state index is 12.8. The molecule has 0 spiro atoms. The molecule has 1 N–H and O–H groups in total. The monoisotopic (exact) mass is 225 g/mol. The van der Waals surface area contributed by atoms with Gasteiger partial charge >= 0.3 is 0 Å². The molecular weight excluding hydrogens is 209 g/mol. The third-order valence-electron chi connectivity index (χ3n) is 2.47. The van der Waals surface area contributed by atoms with Crippen LogP contribution in [0.5, 0.6) is 0 Å². The van der Waals surface area contributed by atoms with Crippen LogP contribution in [0.2, 0.25) is 0 Å². The molecule has 0 atom stereocenters. The van der Waals surface area contributed by atoms with Gasteiger partial charge in [-0.05, 0) is 43.5 Å². The molecule has 0 unspecified atom stereocenters. The van der Waals surface area contributed by atoms with Crippen LogP contribution in [-0.4, -0.2) is 18.8 Å². The molecule has 0 amide bonds. The van der Waals surface area contributed by atoms with Gasteiger partial charge in [0.1, 0.15) is 5.82 Å². The predicted molar refractivity (Wildman–Crippen MR) is 62.7 cm³/mol. The van der Waals surface area contributed by atoms with Crippen LogP contribution in [0.25, 0.3) is 0 Å². The van der Waals surface area contributed by atoms with Crippen molar-refractivity contribution >= 4 is 11.8 Å². The van der Waals surface area contributed by atoms with E-state index in [0.717, 1.165) is 29.7 Å². The van der Waals surface area contributed by atoms with Gasteiger partial charge in [-0.3, -0.25) is 0 Å². The number of hydrogen-bond donors (Lipinski definition) is 1. The number of benzene rings is 1. The maximum atomic E-state index is 12.8. The van der Waals surface area contributed by atoms with Crippen molar-refractivity contribution in [3.05, 3.63) is 30.1 Å². The zero-order valence-corrected chi connectivity index (χ0v) is 9.52. The molecule has 1 aromatic rings. The zero-order valence-electron chi connectivity index (χ0n) is 8.71. The van der Waals surface area contributed by atoms with E-state index in [1.807, 2.05) is 6.07 Å². The third-order valence-corrected chi connectivity index (χ3v) is 3.47. The van der Waals surface area contributed by atoms with E-state index >= 15 is 0 Å². The van der Waals surface area contributed by atoms with Crippen LogP contribution in [0.15, 0.2) is 29.2 Å². The van der Waals surface area contributed by atoms with E-state index in [1.54, 1.807) is 23.9 Å². The lowest BCUT2D eigenvalue weighted by molar-refractivity contribution is 0.624. The molecule has 1 aliphatic rings. The Kier molecular flexibility index (Phi) is 4.03. The van der Waals surface area contributed by atoms with Crippen molar-refractivity contribution in [2.75, 3.05) is 18.8 Å². The smallest absolute Gasteiger partial charge is 0.124 e. The van der Waals surface area contributed by atoms with E-state index in [0.29, 0.717) is 0 Å². The Morgan fingerprint density at radius 3 is 3.00 bits per heavy atom. The van der Waals surface area contributed by atoms with Crippen LogP contribution in [-0.2, 0) is 0 Å². The Morgan fingerprint density at radius 1 is 1.40 bits per heavy atom. The molecule has 0 aromatic heterocycles. The van der Waals surface area contributed by atoms with E-state index < -0.39 is 0 Å². The van der Waals surface area contributed by atoms with Crippen LogP contribution in [0.1, 0.15) is 12.8 Å². The Bertz CT molecular complexity index is 312. The van der Waals surface area contributed by atoms with Crippen LogP contribution >= 0.6 is 11.8 Å². The number of thioether (sulfide) groups is 1. The summed E-state index contributed by atoms with van der Waals surface area (Å²) in [6.07, 6.45) is 2.79. The average molecular weight is 225 g/mol. The lowest BCUT2D eigenvalue weighted by Gasteiger charge is -2.03. The fourth-order valence-corrected chi connectivity index (χ4v) is 2.28. The third kappa shape index (κ3) is 4.22. The fraction of sp³-hybridized carbons (Fsp3) is 0.500. The number of halogens is 1. The summed E-state index contributed by atoms with van der Waals surface area (Å²) in [5.41, 5.74) is 0. The van der Waals surface area contributed by atoms with Gasteiger partial charge in [-0.25, -0.2) is 4.39 Å². The number of rotatable bonds is 6. The van der Waals surface area contributed by atoms with E-state index in [-0.39, 0.29) is 5.82 Å². The minimum absolute atomic E-state index is 0.147. The molecule has 0 aliphatic heterocycles. The largest absolute Gasteiger partial charge is 0.316 e. The van der Waals surface area contributed by atoms with Gasteiger partial charge in [-0.2, -0.15) is 0 Å². The first-order valence-electron chi connectivity index (χ1n) is 5.44. The summed E-state index contributed by atoms with van der Waals surface area (Å²) in [6.45, 7) is 2.17. The first-order chi connectivity index (χ1) is 7.34. The molecule has 1 saturated carbocycles. The van der Waals surface area contributed by atoms with Crippen LogP contribution in [0.3, 0.4) is 0 Å². The van der Waals surface area contributed by atoms with Crippen LogP contribution in [0, 0.1) is 11.7 Å². The fourth-order valence-electron chi connectivity index (χ4n) is 1.43. The van der Waals surface area contributed by atoms with Crippen molar-refractivity contribution in [2.45, 2.75) is 17.7 Å². The summed E-state index contributed by atoms with van der Waals surface area (Å²) in [4.78, 5) is 1.02. The van der Waals surface area contributed by atoms with Crippen LogP contribution in [0.4, 0.5) is 4.39 Å². The second kappa shape index (κ2) is 5.52. The lowest BCUT2D eigenvalue weighted by Crippen LogP contribution is -2.19. The van der Waals surface area contributed by atoms with E-state index in [1.165, 1.54) is 18.9 Å². The van der Waals surface area contributed by atoms with Crippen LogP contribution < -0.4 is 5.32 Å². The maximum Gasteiger partial charge on any atom is 0.124 e. The SMILES string of the molecule is Fc1cccc(SCCNCC2CC2)c1. The Balaban J connectivity index is 1.60. The van der Waals surface area contributed by atoms with Gasteiger partial charge < -0.3 is 5.32 Å². The summed E-state index contributed by atoms with van der Waals surface area (Å²) in [5, 5.41) is 3.42. The first-order valence-corrected chi connectivity index (χ1v) is 6.42. The summed E-state index contributed by atoms with van der Waals surface area (Å²) < 4.78 is 12.8. The molecule has 3 heteroatoms. The number of nitrogens with one attached hydrogen (secondary N) is 1. The highest BCUT2D eigenvalue weighted by Crippen LogP contribution is 2.27. The van der Waals surface area contributed by atoms with Crippen molar-refractivity contribution < 1.29 is 4.39 Å². The summed E-state index contributed by atoms with van der Waals surface area (Å²) >= 11 is 1.70. The van der Waals surface area contributed by atoms with E-state index in [2.05, 4.69) is 5.32 Å². The average Bonchev–Trinajstić information content (AvgIpc) is 3.01. The van der Waals surface area contributed by atoms with Crippen molar-refractivity contribution in [3.8, 4) is 0 Å². The molecule has 1 nitrogen and oxygen atoms in total.